The molecular formula is C24H25NO3S. The lowest BCUT2D eigenvalue weighted by Gasteiger charge is -2.19. The smallest absolute Gasteiger partial charge is 0.244 e. The second-order valence-electron chi connectivity index (χ2n) is 7.33. The fourth-order valence-corrected chi connectivity index (χ4v) is 4.85. The number of rotatable bonds is 6. The molecule has 0 spiro atoms. The summed E-state index contributed by atoms with van der Waals surface area (Å²) in [6, 6.07) is 14.6. The third-order valence-electron chi connectivity index (χ3n) is 4.84. The summed E-state index contributed by atoms with van der Waals surface area (Å²) < 4.78 is 33.4. The van der Waals surface area contributed by atoms with E-state index in [4.69, 9.17) is 10.8 Å². The first-order valence-corrected chi connectivity index (χ1v) is 10.8. The van der Waals surface area contributed by atoms with Crippen LogP contribution in [0.25, 0.3) is 11.3 Å². The molecule has 150 valence electrons. The summed E-state index contributed by atoms with van der Waals surface area (Å²) in [5.74, 6) is 3.72. The first-order valence-electron chi connectivity index (χ1n) is 9.39. The van der Waals surface area contributed by atoms with Gasteiger partial charge in [0.15, 0.2) is 0 Å². The molecule has 0 saturated carbocycles. The molecule has 0 amide bonds. The Morgan fingerprint density at radius 3 is 2.14 bits per heavy atom. The molecule has 3 aromatic rings. The average molecular weight is 408 g/mol. The van der Waals surface area contributed by atoms with Crippen LogP contribution >= 0.6 is 0 Å². The van der Waals surface area contributed by atoms with Crippen molar-refractivity contribution in [1.82, 2.24) is 4.31 Å². The van der Waals surface area contributed by atoms with Gasteiger partial charge in [0.05, 0.1) is 18.0 Å². The minimum absolute atomic E-state index is 0.0329. The number of benzene rings is 2. The largest absolute Gasteiger partial charge is 0.460 e. The van der Waals surface area contributed by atoms with Gasteiger partial charge in [-0.25, -0.2) is 8.42 Å². The zero-order chi connectivity index (χ0) is 21.2. The van der Waals surface area contributed by atoms with Gasteiger partial charge in [-0.2, -0.15) is 4.31 Å². The maximum absolute atomic E-state index is 13.0. The topological polar surface area (TPSA) is 50.5 Å². The fraction of sp³-hybridized carbons (Fsp3) is 0.250. The Hall–Kier alpha value is -2.81. The van der Waals surface area contributed by atoms with Crippen LogP contribution in [0.15, 0.2) is 57.8 Å². The van der Waals surface area contributed by atoms with Crippen molar-refractivity contribution in [2.24, 2.45) is 0 Å². The van der Waals surface area contributed by atoms with Crippen LogP contribution in [0.5, 0.6) is 0 Å². The second kappa shape index (κ2) is 8.28. The highest BCUT2D eigenvalue weighted by Crippen LogP contribution is 2.30. The van der Waals surface area contributed by atoms with Crippen molar-refractivity contribution in [3.63, 3.8) is 0 Å². The molecule has 0 aliphatic carbocycles. The summed E-state index contributed by atoms with van der Waals surface area (Å²) >= 11 is 0. The lowest BCUT2D eigenvalue weighted by molar-refractivity contribution is 0.393. The van der Waals surface area contributed by atoms with E-state index in [1.807, 2.05) is 32.9 Å². The molecular weight excluding hydrogens is 382 g/mol. The molecule has 0 bridgehead atoms. The molecule has 0 atom stereocenters. The summed E-state index contributed by atoms with van der Waals surface area (Å²) in [6.07, 6.45) is 5.45. The van der Waals surface area contributed by atoms with Crippen LogP contribution in [0.1, 0.15) is 28.0 Å². The van der Waals surface area contributed by atoms with E-state index in [0.29, 0.717) is 5.76 Å². The Morgan fingerprint density at radius 1 is 0.931 bits per heavy atom. The Kier molecular flexibility index (Phi) is 5.97. The van der Waals surface area contributed by atoms with E-state index in [9.17, 15) is 8.42 Å². The molecule has 0 radical (unpaired) electrons. The molecule has 0 aliphatic heterocycles. The standard InChI is InChI=1S/C24H25NO3S/c1-6-13-25(29(26,27)22-10-7-17(2)8-11-22)16-21-9-12-23(28-21)24-19(4)14-18(3)15-20(24)5/h1,7-12,14-15H,13,16H2,2-5H3. The lowest BCUT2D eigenvalue weighted by atomic mass is 9.98. The van der Waals surface area contributed by atoms with Crippen molar-refractivity contribution in [3.8, 4) is 23.7 Å². The van der Waals surface area contributed by atoms with Crippen molar-refractivity contribution in [2.75, 3.05) is 6.54 Å². The zero-order valence-electron chi connectivity index (χ0n) is 17.2. The van der Waals surface area contributed by atoms with Gasteiger partial charge in [0, 0.05) is 5.56 Å². The van der Waals surface area contributed by atoms with Crippen molar-refractivity contribution in [2.45, 2.75) is 39.1 Å². The molecule has 1 aromatic heterocycles. The Balaban J connectivity index is 1.92. The van der Waals surface area contributed by atoms with Gasteiger partial charge in [-0.15, -0.1) is 6.42 Å². The molecule has 1 heterocycles. The van der Waals surface area contributed by atoms with E-state index in [1.165, 1.54) is 9.87 Å². The van der Waals surface area contributed by atoms with Crippen LogP contribution in [0.3, 0.4) is 0 Å². The number of nitrogens with zero attached hydrogens (tertiary/aromatic N) is 1. The van der Waals surface area contributed by atoms with Crippen molar-refractivity contribution in [1.29, 1.82) is 0 Å². The quantitative estimate of drug-likeness (QED) is 0.540. The van der Waals surface area contributed by atoms with E-state index in [2.05, 4.69) is 25.0 Å². The minimum Gasteiger partial charge on any atom is -0.460 e. The minimum atomic E-state index is -3.72. The lowest BCUT2D eigenvalue weighted by Crippen LogP contribution is -2.30. The van der Waals surface area contributed by atoms with E-state index in [-0.39, 0.29) is 18.0 Å². The number of aryl methyl sites for hydroxylation is 4. The maximum atomic E-state index is 13.0. The number of sulfonamides is 1. The molecule has 29 heavy (non-hydrogen) atoms. The molecule has 2 aromatic carbocycles. The number of hydrogen-bond acceptors (Lipinski definition) is 3. The van der Waals surface area contributed by atoms with Gasteiger partial charge >= 0.3 is 0 Å². The van der Waals surface area contributed by atoms with Crippen molar-refractivity contribution < 1.29 is 12.8 Å². The SMILES string of the molecule is C#CCN(Cc1ccc(-c2c(C)cc(C)cc2C)o1)S(=O)(=O)c1ccc(C)cc1. The molecule has 0 aliphatic rings. The van der Waals surface area contributed by atoms with E-state index < -0.39 is 10.0 Å². The van der Waals surface area contributed by atoms with E-state index >= 15 is 0 Å². The number of hydrogen-bond donors (Lipinski definition) is 0. The van der Waals surface area contributed by atoms with Gasteiger partial charge < -0.3 is 4.42 Å². The predicted octanol–water partition coefficient (Wildman–Crippen LogP) is 5.00. The van der Waals surface area contributed by atoms with E-state index in [0.717, 1.165) is 28.0 Å². The van der Waals surface area contributed by atoms with Gasteiger partial charge in [0.2, 0.25) is 10.0 Å². The summed E-state index contributed by atoms with van der Waals surface area (Å²) in [4.78, 5) is 0.218. The Labute approximate surface area is 173 Å². The van der Waals surface area contributed by atoms with Crippen LogP contribution in [0.2, 0.25) is 0 Å². The number of furan rings is 1. The highest BCUT2D eigenvalue weighted by molar-refractivity contribution is 7.89. The molecule has 0 N–H and O–H groups in total. The maximum Gasteiger partial charge on any atom is 0.244 e. The molecule has 0 fully saturated rings. The monoisotopic (exact) mass is 407 g/mol. The van der Waals surface area contributed by atoms with Crippen LogP contribution in [-0.2, 0) is 16.6 Å². The zero-order valence-corrected chi connectivity index (χ0v) is 18.0. The van der Waals surface area contributed by atoms with Gasteiger partial charge in [-0.1, -0.05) is 41.3 Å². The van der Waals surface area contributed by atoms with Crippen LogP contribution in [0, 0.1) is 40.0 Å². The van der Waals surface area contributed by atoms with Crippen molar-refractivity contribution >= 4 is 10.0 Å². The summed E-state index contributed by atoms with van der Waals surface area (Å²) in [7, 11) is -3.72. The van der Waals surface area contributed by atoms with Crippen LogP contribution in [-0.4, -0.2) is 19.3 Å². The normalized spacial score (nSPS) is 11.6. The summed E-state index contributed by atoms with van der Waals surface area (Å²) in [6.45, 7) is 8.10. The molecule has 5 heteroatoms. The fourth-order valence-electron chi connectivity index (χ4n) is 3.53. The highest BCUT2D eigenvalue weighted by atomic mass is 32.2. The van der Waals surface area contributed by atoms with Gasteiger partial charge in [-0.3, -0.25) is 0 Å². The van der Waals surface area contributed by atoms with Crippen molar-refractivity contribution in [3.05, 3.63) is 76.5 Å². The number of terminal acetylenes is 1. The Bertz CT molecular complexity index is 1140. The molecule has 4 nitrogen and oxygen atoms in total. The average Bonchev–Trinajstić information content (AvgIpc) is 3.09. The highest BCUT2D eigenvalue weighted by Gasteiger charge is 2.25. The first-order chi connectivity index (χ1) is 13.7. The first kappa shape index (κ1) is 20.9. The summed E-state index contributed by atoms with van der Waals surface area (Å²) in [5.41, 5.74) is 5.46. The molecule has 3 rings (SSSR count). The Morgan fingerprint density at radius 2 is 1.55 bits per heavy atom. The third-order valence-corrected chi connectivity index (χ3v) is 6.65. The van der Waals surface area contributed by atoms with Gasteiger partial charge in [0.1, 0.15) is 11.5 Å². The van der Waals surface area contributed by atoms with Gasteiger partial charge in [0.25, 0.3) is 0 Å². The molecule has 0 saturated heterocycles. The van der Waals surface area contributed by atoms with Gasteiger partial charge in [-0.05, 0) is 63.1 Å². The predicted molar refractivity (Wildman–Crippen MR) is 116 cm³/mol. The molecule has 0 unspecified atom stereocenters. The second-order valence-corrected chi connectivity index (χ2v) is 9.27. The third kappa shape index (κ3) is 4.45. The summed E-state index contributed by atoms with van der Waals surface area (Å²) in [5, 5.41) is 0. The van der Waals surface area contributed by atoms with Crippen LogP contribution < -0.4 is 0 Å². The van der Waals surface area contributed by atoms with Crippen LogP contribution in [0.4, 0.5) is 0 Å². The van der Waals surface area contributed by atoms with E-state index in [1.54, 1.807) is 24.3 Å².